The molecule has 37 heavy (non-hydrogen) atoms. The largest absolute Gasteiger partial charge is 0.494 e. The Bertz CT molecular complexity index is 1250. The minimum absolute atomic E-state index is 0.268. The fraction of sp³-hybridized carbons (Fsp3) is 0.222. The van der Waals surface area contributed by atoms with Gasteiger partial charge in [0.25, 0.3) is 0 Å². The number of anilines is 1. The lowest BCUT2D eigenvalue weighted by molar-refractivity contribution is -0.136. The smallest absolute Gasteiger partial charge is 0.329 e. The number of nitrogens with zero attached hydrogens (tertiary/aromatic N) is 1. The molecule has 8 nitrogen and oxygen atoms in total. The van der Waals surface area contributed by atoms with Crippen molar-refractivity contribution in [1.82, 2.24) is 5.43 Å². The summed E-state index contributed by atoms with van der Waals surface area (Å²) < 4.78 is 17.1. The summed E-state index contributed by atoms with van der Waals surface area (Å²) >= 11 is 12.0. The molecule has 0 aliphatic heterocycles. The average molecular weight is 544 g/mol. The second-order valence-electron chi connectivity index (χ2n) is 7.70. The molecule has 194 valence electrons. The van der Waals surface area contributed by atoms with Crippen LogP contribution in [-0.4, -0.2) is 31.2 Å². The van der Waals surface area contributed by atoms with E-state index in [4.69, 9.17) is 37.4 Å². The molecule has 2 amide bonds. The molecule has 0 aliphatic carbocycles. The molecule has 3 aromatic rings. The molecule has 0 spiro atoms. The Balaban J connectivity index is 1.55. The Labute approximate surface area is 225 Å². The highest BCUT2D eigenvalue weighted by Gasteiger charge is 2.13. The molecule has 3 aromatic carbocycles. The Morgan fingerprint density at radius 1 is 0.865 bits per heavy atom. The zero-order chi connectivity index (χ0) is 26.6. The van der Waals surface area contributed by atoms with Gasteiger partial charge in [0.05, 0.1) is 29.5 Å². The number of ether oxygens (including phenoxy) is 3. The van der Waals surface area contributed by atoms with Gasteiger partial charge in [-0.3, -0.25) is 9.59 Å². The lowest BCUT2D eigenvalue weighted by Gasteiger charge is -2.13. The van der Waals surface area contributed by atoms with Crippen molar-refractivity contribution in [2.45, 2.75) is 26.9 Å². The van der Waals surface area contributed by atoms with Gasteiger partial charge in [0.2, 0.25) is 0 Å². The van der Waals surface area contributed by atoms with Crippen molar-refractivity contribution in [2.75, 3.05) is 18.5 Å². The topological polar surface area (TPSA) is 98.2 Å². The zero-order valence-corrected chi connectivity index (χ0v) is 21.9. The summed E-state index contributed by atoms with van der Waals surface area (Å²) in [7, 11) is 0. The van der Waals surface area contributed by atoms with E-state index in [0.717, 1.165) is 12.0 Å². The van der Waals surface area contributed by atoms with Crippen molar-refractivity contribution in [3.8, 4) is 17.2 Å². The fourth-order valence-corrected chi connectivity index (χ4v) is 3.36. The quantitative estimate of drug-likeness (QED) is 0.179. The predicted octanol–water partition coefficient (Wildman–Crippen LogP) is 5.85. The van der Waals surface area contributed by atoms with Crippen molar-refractivity contribution in [1.29, 1.82) is 0 Å². The molecule has 0 atom stereocenters. The van der Waals surface area contributed by atoms with Crippen LogP contribution < -0.4 is 25.0 Å². The first-order valence-corrected chi connectivity index (χ1v) is 12.4. The average Bonchev–Trinajstić information content (AvgIpc) is 2.89. The summed E-state index contributed by atoms with van der Waals surface area (Å²) in [4.78, 5) is 24.3. The van der Waals surface area contributed by atoms with E-state index >= 15 is 0 Å². The van der Waals surface area contributed by atoms with Gasteiger partial charge in [-0.2, -0.15) is 5.10 Å². The molecule has 0 heterocycles. The Morgan fingerprint density at radius 3 is 2.35 bits per heavy atom. The third kappa shape index (κ3) is 8.70. The number of carbonyl (C=O) groups excluding carboxylic acids is 2. The maximum absolute atomic E-state index is 12.1. The summed E-state index contributed by atoms with van der Waals surface area (Å²) in [6.07, 6.45) is 2.29. The van der Waals surface area contributed by atoms with Crippen LogP contribution in [0.3, 0.4) is 0 Å². The van der Waals surface area contributed by atoms with Crippen LogP contribution in [0.4, 0.5) is 5.69 Å². The van der Waals surface area contributed by atoms with Crippen LogP contribution >= 0.6 is 23.2 Å². The fourth-order valence-electron chi connectivity index (χ4n) is 3.04. The van der Waals surface area contributed by atoms with Gasteiger partial charge in [-0.1, -0.05) is 36.2 Å². The van der Waals surface area contributed by atoms with E-state index in [2.05, 4.69) is 15.8 Å². The zero-order valence-electron chi connectivity index (χ0n) is 20.4. The lowest BCUT2D eigenvalue weighted by atomic mass is 10.2. The first kappa shape index (κ1) is 27.8. The van der Waals surface area contributed by atoms with Gasteiger partial charge in [0, 0.05) is 5.69 Å². The van der Waals surface area contributed by atoms with E-state index in [1.54, 1.807) is 54.6 Å². The van der Waals surface area contributed by atoms with E-state index < -0.39 is 11.8 Å². The third-order valence-corrected chi connectivity index (χ3v) is 5.56. The summed E-state index contributed by atoms with van der Waals surface area (Å²) in [5.41, 5.74) is 4.16. The lowest BCUT2D eigenvalue weighted by Crippen LogP contribution is -2.32. The van der Waals surface area contributed by atoms with Crippen molar-refractivity contribution >= 4 is 46.9 Å². The maximum Gasteiger partial charge on any atom is 0.329 e. The number of benzene rings is 3. The summed E-state index contributed by atoms with van der Waals surface area (Å²) in [5, 5.41) is 7.30. The van der Waals surface area contributed by atoms with Crippen LogP contribution in [0.5, 0.6) is 17.2 Å². The van der Waals surface area contributed by atoms with Gasteiger partial charge in [-0.05, 0) is 79.1 Å². The van der Waals surface area contributed by atoms with Gasteiger partial charge >= 0.3 is 11.8 Å². The minimum atomic E-state index is -0.908. The van der Waals surface area contributed by atoms with Crippen LogP contribution in [0.1, 0.15) is 31.4 Å². The number of rotatable bonds is 11. The number of nitrogens with one attached hydrogen (secondary N) is 2. The molecule has 0 saturated heterocycles. The number of hydrazone groups is 1. The Kier molecular flexibility index (Phi) is 10.6. The highest BCUT2D eigenvalue weighted by Crippen LogP contribution is 2.30. The molecule has 0 radical (unpaired) electrons. The molecular formula is C27H27Cl2N3O5. The van der Waals surface area contributed by atoms with Crippen molar-refractivity contribution in [3.63, 3.8) is 0 Å². The van der Waals surface area contributed by atoms with Crippen LogP contribution in [0.2, 0.25) is 10.0 Å². The summed E-state index contributed by atoms with van der Waals surface area (Å²) in [6.45, 7) is 5.16. The minimum Gasteiger partial charge on any atom is -0.494 e. The number of hydrogen-bond donors (Lipinski definition) is 2. The summed E-state index contributed by atoms with van der Waals surface area (Å²) in [5.74, 6) is -0.0396. The van der Waals surface area contributed by atoms with E-state index in [1.165, 1.54) is 6.21 Å². The predicted molar refractivity (Wildman–Crippen MR) is 145 cm³/mol. The van der Waals surface area contributed by atoms with Crippen molar-refractivity contribution < 1.29 is 23.8 Å². The highest BCUT2D eigenvalue weighted by atomic mass is 35.5. The molecule has 0 aliphatic rings. The van der Waals surface area contributed by atoms with Crippen LogP contribution in [0.25, 0.3) is 0 Å². The normalized spacial score (nSPS) is 10.7. The van der Waals surface area contributed by atoms with Crippen LogP contribution in [-0.2, 0) is 16.2 Å². The first-order valence-electron chi connectivity index (χ1n) is 11.6. The maximum atomic E-state index is 12.1. The molecule has 0 unspecified atom stereocenters. The molecule has 3 rings (SSSR count). The van der Waals surface area contributed by atoms with Crippen molar-refractivity contribution in [2.24, 2.45) is 5.10 Å². The van der Waals surface area contributed by atoms with Gasteiger partial charge < -0.3 is 19.5 Å². The van der Waals surface area contributed by atoms with Gasteiger partial charge in [-0.25, -0.2) is 5.43 Å². The number of halogens is 2. The number of carbonyl (C=O) groups is 2. The van der Waals surface area contributed by atoms with E-state index in [9.17, 15) is 9.59 Å². The molecule has 10 heteroatoms. The summed E-state index contributed by atoms with van der Waals surface area (Å²) in [6, 6.07) is 17.2. The SMILES string of the molecule is CCCOc1ccc(NC(=O)C(=O)N/N=C\c2ccc(OCc3ccc(Cl)c(Cl)c3)c(OCC)c2)cc1. The first-order chi connectivity index (χ1) is 17.9. The van der Waals surface area contributed by atoms with E-state index in [0.29, 0.717) is 51.8 Å². The third-order valence-electron chi connectivity index (χ3n) is 4.82. The second kappa shape index (κ2) is 14.1. The van der Waals surface area contributed by atoms with Gasteiger partial charge in [0.1, 0.15) is 12.4 Å². The van der Waals surface area contributed by atoms with Crippen LogP contribution in [0.15, 0.2) is 65.8 Å². The molecular weight excluding hydrogens is 517 g/mol. The second-order valence-corrected chi connectivity index (χ2v) is 8.52. The highest BCUT2D eigenvalue weighted by molar-refractivity contribution is 6.42. The Hall–Kier alpha value is -3.75. The van der Waals surface area contributed by atoms with E-state index in [1.807, 2.05) is 19.9 Å². The molecule has 0 bridgehead atoms. The number of amides is 2. The molecule has 2 N–H and O–H groups in total. The molecule has 0 saturated carbocycles. The van der Waals surface area contributed by atoms with Gasteiger partial charge in [-0.15, -0.1) is 0 Å². The molecule has 0 aromatic heterocycles. The number of hydrogen-bond acceptors (Lipinski definition) is 6. The standard InChI is InChI=1S/C27H27Cl2N3O5/c1-3-13-36-21-9-7-20(8-10-21)31-26(33)27(34)32-30-16-18-6-12-24(25(15-18)35-4-2)37-17-19-5-11-22(28)23(29)14-19/h5-12,14-16H,3-4,13,17H2,1-2H3,(H,31,33)(H,32,34)/b30-16-. The van der Waals surface area contributed by atoms with Crippen molar-refractivity contribution in [3.05, 3.63) is 81.8 Å². The monoisotopic (exact) mass is 543 g/mol. The van der Waals surface area contributed by atoms with Gasteiger partial charge in [0.15, 0.2) is 11.5 Å². The Morgan fingerprint density at radius 2 is 1.65 bits per heavy atom. The van der Waals surface area contributed by atoms with Crippen LogP contribution in [0, 0.1) is 0 Å². The molecule has 0 fully saturated rings. The van der Waals surface area contributed by atoms with E-state index in [-0.39, 0.29) is 6.61 Å².